The van der Waals surface area contributed by atoms with E-state index >= 15 is 0 Å². The van der Waals surface area contributed by atoms with Crippen LogP contribution in [0.5, 0.6) is 5.75 Å². The number of ether oxygens (including phenoxy) is 1. The molecule has 0 bridgehead atoms. The van der Waals surface area contributed by atoms with E-state index in [9.17, 15) is 9.18 Å². The maximum Gasteiger partial charge on any atom is 0.258 e. The highest BCUT2D eigenvalue weighted by Gasteiger charge is 2.38. The summed E-state index contributed by atoms with van der Waals surface area (Å²) in [6.45, 7) is 0.356. The lowest BCUT2D eigenvalue weighted by Gasteiger charge is -2.27. The minimum absolute atomic E-state index is 0.145. The summed E-state index contributed by atoms with van der Waals surface area (Å²) in [5, 5.41) is 3.14. The van der Waals surface area contributed by atoms with Crippen molar-refractivity contribution in [3.63, 3.8) is 0 Å². The number of carbonyl (C=O) groups is 1. The number of rotatable bonds is 5. The third-order valence-corrected chi connectivity index (χ3v) is 5.13. The molecule has 7 heteroatoms. The van der Waals surface area contributed by atoms with Crippen LogP contribution in [0.1, 0.15) is 27.8 Å². The van der Waals surface area contributed by atoms with Crippen molar-refractivity contribution in [2.24, 2.45) is 0 Å². The smallest absolute Gasteiger partial charge is 0.258 e. The van der Waals surface area contributed by atoms with E-state index in [1.165, 1.54) is 6.07 Å². The second kappa shape index (κ2) is 7.59. The average molecular weight is 442 g/mol. The fraction of sp³-hybridized carbons (Fsp3) is 0.143. The Morgan fingerprint density at radius 3 is 2.71 bits per heavy atom. The van der Waals surface area contributed by atoms with Crippen LogP contribution in [0.2, 0.25) is 0 Å². The Balaban J connectivity index is 1.67. The average Bonchev–Trinajstić information content (AvgIpc) is 2.96. The lowest BCUT2D eigenvalue weighted by molar-refractivity contribution is 0.0727. The molecule has 0 radical (unpaired) electrons. The predicted molar refractivity (Wildman–Crippen MR) is 108 cm³/mol. The van der Waals surface area contributed by atoms with Crippen LogP contribution >= 0.6 is 15.9 Å². The van der Waals surface area contributed by atoms with Gasteiger partial charge in [-0.2, -0.15) is 0 Å². The van der Waals surface area contributed by atoms with Crippen molar-refractivity contribution >= 4 is 27.5 Å². The van der Waals surface area contributed by atoms with Gasteiger partial charge in [0, 0.05) is 17.2 Å². The van der Waals surface area contributed by atoms with Crippen molar-refractivity contribution in [3.8, 4) is 5.75 Å². The van der Waals surface area contributed by atoms with Gasteiger partial charge in [-0.15, -0.1) is 0 Å². The molecule has 2 aromatic carbocycles. The van der Waals surface area contributed by atoms with Crippen molar-refractivity contribution in [2.45, 2.75) is 12.7 Å². The van der Waals surface area contributed by atoms with Crippen LogP contribution in [-0.2, 0) is 6.54 Å². The summed E-state index contributed by atoms with van der Waals surface area (Å²) in [5.41, 5.74) is 2.35. The fourth-order valence-electron chi connectivity index (χ4n) is 3.23. The SMILES string of the molecule is COc1ccc(CN2C(=O)c3cccnc3[C@H]2Nc2ccc(Br)cc2F)cc1. The van der Waals surface area contributed by atoms with Gasteiger partial charge in [0.05, 0.1) is 24.1 Å². The number of fused-ring (bicyclic) bond motifs is 1. The number of benzene rings is 2. The highest BCUT2D eigenvalue weighted by atomic mass is 79.9. The number of amides is 1. The molecule has 2 heterocycles. The summed E-state index contributed by atoms with van der Waals surface area (Å²) in [4.78, 5) is 19.0. The zero-order valence-electron chi connectivity index (χ0n) is 15.0. The van der Waals surface area contributed by atoms with Gasteiger partial charge >= 0.3 is 0 Å². The van der Waals surface area contributed by atoms with Gasteiger partial charge < -0.3 is 15.0 Å². The Bertz CT molecular complexity index is 1030. The lowest BCUT2D eigenvalue weighted by Crippen LogP contribution is -2.32. The van der Waals surface area contributed by atoms with Gasteiger partial charge in [0.15, 0.2) is 0 Å². The Labute approximate surface area is 170 Å². The van der Waals surface area contributed by atoms with E-state index < -0.39 is 12.0 Å². The van der Waals surface area contributed by atoms with Gasteiger partial charge in [0.25, 0.3) is 5.91 Å². The Morgan fingerprint density at radius 2 is 2.00 bits per heavy atom. The first-order valence-corrected chi connectivity index (χ1v) is 9.46. The van der Waals surface area contributed by atoms with E-state index in [1.807, 2.05) is 24.3 Å². The molecule has 1 aliphatic rings. The van der Waals surface area contributed by atoms with Crippen LogP contribution < -0.4 is 10.1 Å². The molecule has 0 unspecified atom stereocenters. The van der Waals surface area contributed by atoms with Crippen LogP contribution in [0.4, 0.5) is 10.1 Å². The van der Waals surface area contributed by atoms with Crippen LogP contribution in [-0.4, -0.2) is 22.9 Å². The van der Waals surface area contributed by atoms with Gasteiger partial charge in [-0.3, -0.25) is 9.78 Å². The number of hydrogen-bond acceptors (Lipinski definition) is 4. The van der Waals surface area contributed by atoms with Crippen molar-refractivity contribution in [3.05, 3.63) is 87.9 Å². The second-order valence-electron chi connectivity index (χ2n) is 6.39. The van der Waals surface area contributed by atoms with Crippen LogP contribution in [0.3, 0.4) is 0 Å². The van der Waals surface area contributed by atoms with Gasteiger partial charge in [0.2, 0.25) is 0 Å². The van der Waals surface area contributed by atoms with Gasteiger partial charge in [0.1, 0.15) is 17.7 Å². The Morgan fingerprint density at radius 1 is 1.21 bits per heavy atom. The number of aromatic nitrogens is 1. The molecule has 3 aromatic rings. The molecule has 1 atom stereocenters. The molecule has 5 nitrogen and oxygen atoms in total. The Hall–Kier alpha value is -2.93. The van der Waals surface area contributed by atoms with E-state index in [1.54, 1.807) is 42.5 Å². The number of halogens is 2. The molecular formula is C21H17BrFN3O2. The number of pyridine rings is 1. The number of hydrogen-bond donors (Lipinski definition) is 1. The molecule has 0 spiro atoms. The molecular weight excluding hydrogens is 425 g/mol. The van der Waals surface area contributed by atoms with Crippen LogP contribution in [0, 0.1) is 5.82 Å². The van der Waals surface area contributed by atoms with E-state index in [0.717, 1.165) is 11.3 Å². The van der Waals surface area contributed by atoms with E-state index in [4.69, 9.17) is 4.74 Å². The number of methoxy groups -OCH3 is 1. The number of nitrogens with zero attached hydrogens (tertiary/aromatic N) is 2. The van der Waals surface area contributed by atoms with Gasteiger partial charge in [-0.1, -0.05) is 28.1 Å². The normalized spacial score (nSPS) is 15.5. The molecule has 1 aliphatic heterocycles. The van der Waals surface area contributed by atoms with E-state index in [0.29, 0.717) is 28.0 Å². The van der Waals surface area contributed by atoms with Gasteiger partial charge in [-0.05, 0) is 48.0 Å². The largest absolute Gasteiger partial charge is 0.497 e. The first-order chi connectivity index (χ1) is 13.6. The lowest BCUT2D eigenvalue weighted by atomic mass is 10.2. The third-order valence-electron chi connectivity index (χ3n) is 4.64. The summed E-state index contributed by atoms with van der Waals surface area (Å²) in [7, 11) is 1.61. The van der Waals surface area contributed by atoms with Crippen molar-refractivity contribution < 1.29 is 13.9 Å². The molecule has 1 N–H and O–H groups in total. The van der Waals surface area contributed by atoms with Crippen molar-refractivity contribution in [1.29, 1.82) is 0 Å². The van der Waals surface area contributed by atoms with Crippen LogP contribution in [0.15, 0.2) is 65.3 Å². The van der Waals surface area contributed by atoms with E-state index in [2.05, 4.69) is 26.2 Å². The second-order valence-corrected chi connectivity index (χ2v) is 7.30. The molecule has 142 valence electrons. The molecule has 28 heavy (non-hydrogen) atoms. The molecule has 0 aliphatic carbocycles. The first kappa shape index (κ1) is 18.4. The maximum absolute atomic E-state index is 14.4. The molecule has 1 amide bonds. The highest BCUT2D eigenvalue weighted by molar-refractivity contribution is 9.10. The predicted octanol–water partition coefficient (Wildman–Crippen LogP) is 4.76. The number of carbonyl (C=O) groups excluding carboxylic acids is 1. The highest BCUT2D eigenvalue weighted by Crippen LogP contribution is 2.35. The topological polar surface area (TPSA) is 54.5 Å². The maximum atomic E-state index is 14.4. The van der Waals surface area contributed by atoms with E-state index in [-0.39, 0.29) is 5.91 Å². The Kier molecular flexibility index (Phi) is 5.00. The summed E-state index contributed by atoms with van der Waals surface area (Å²) in [6.07, 6.45) is 1.07. The molecule has 0 saturated carbocycles. The summed E-state index contributed by atoms with van der Waals surface area (Å²) in [5.74, 6) is 0.192. The zero-order valence-corrected chi connectivity index (χ0v) is 16.6. The van der Waals surface area contributed by atoms with Crippen molar-refractivity contribution in [1.82, 2.24) is 9.88 Å². The quantitative estimate of drug-likeness (QED) is 0.619. The molecule has 0 saturated heterocycles. The first-order valence-electron chi connectivity index (χ1n) is 8.67. The molecule has 0 fully saturated rings. The minimum atomic E-state index is -0.568. The van der Waals surface area contributed by atoms with Gasteiger partial charge in [-0.25, -0.2) is 4.39 Å². The molecule has 4 rings (SSSR count). The standard InChI is InChI=1S/C21H17BrFN3O2/c1-28-15-7-4-13(5-8-15)12-26-20(19-16(21(26)27)3-2-10-24-19)25-18-9-6-14(22)11-17(18)23/h2-11,20,25H,12H2,1H3/t20-/m0/s1. The zero-order chi connectivity index (χ0) is 19.7. The summed E-state index contributed by atoms with van der Waals surface area (Å²) in [6, 6.07) is 15.7. The fourth-order valence-corrected chi connectivity index (χ4v) is 3.56. The molecule has 1 aromatic heterocycles. The van der Waals surface area contributed by atoms with Crippen molar-refractivity contribution in [2.75, 3.05) is 12.4 Å². The summed E-state index contributed by atoms with van der Waals surface area (Å²) < 4.78 is 20.2. The summed E-state index contributed by atoms with van der Waals surface area (Å²) >= 11 is 3.26. The van der Waals surface area contributed by atoms with Crippen LogP contribution in [0.25, 0.3) is 0 Å². The minimum Gasteiger partial charge on any atom is -0.497 e. The third kappa shape index (κ3) is 3.45. The number of anilines is 1. The monoisotopic (exact) mass is 441 g/mol. The number of nitrogens with one attached hydrogen (secondary N) is 1.